The molecule has 0 aliphatic heterocycles. The largest absolute Gasteiger partial charge is 0.444 e. The number of hydrogen-bond acceptors (Lipinski definition) is 4. The fourth-order valence-electron chi connectivity index (χ4n) is 1.47. The van der Waals surface area contributed by atoms with Crippen molar-refractivity contribution in [3.63, 3.8) is 0 Å². The molecule has 0 saturated carbocycles. The lowest BCUT2D eigenvalue weighted by Crippen LogP contribution is -2.32. The Morgan fingerprint density at radius 1 is 1.40 bits per heavy atom. The molecule has 0 fully saturated rings. The van der Waals surface area contributed by atoms with E-state index in [1.807, 2.05) is 13.8 Å². The predicted molar refractivity (Wildman–Crippen MR) is 75.4 cm³/mol. The van der Waals surface area contributed by atoms with Crippen LogP contribution < -0.4 is 10.6 Å². The molecular formula is C12H13BrN4O3. The molecule has 2 aromatic rings. The normalized spacial score (nSPS) is 10.3. The molecule has 0 unspecified atom stereocenters. The topological polar surface area (TPSA) is 100 Å². The van der Waals surface area contributed by atoms with Crippen LogP contribution in [0.4, 0.5) is 5.82 Å². The molecule has 8 heteroatoms. The number of nitrogens with zero attached hydrogens (tertiary/aromatic N) is 1. The van der Waals surface area contributed by atoms with Gasteiger partial charge in [-0.05, 0) is 41.9 Å². The first-order valence-electron chi connectivity index (χ1n) is 5.82. The number of anilines is 1. The van der Waals surface area contributed by atoms with E-state index in [0.717, 1.165) is 11.3 Å². The number of hydrogen-bond donors (Lipinski definition) is 3. The molecule has 7 nitrogen and oxygen atoms in total. The summed E-state index contributed by atoms with van der Waals surface area (Å²) < 4.78 is 5.53. The third-order valence-electron chi connectivity index (χ3n) is 2.72. The number of aryl methyl sites for hydroxylation is 1. The number of carbonyl (C=O) groups is 2. The van der Waals surface area contributed by atoms with Crippen LogP contribution in [0.2, 0.25) is 0 Å². The van der Waals surface area contributed by atoms with Crippen molar-refractivity contribution in [3.8, 4) is 0 Å². The minimum Gasteiger partial charge on any atom is -0.444 e. The van der Waals surface area contributed by atoms with Crippen LogP contribution >= 0.6 is 15.9 Å². The van der Waals surface area contributed by atoms with Gasteiger partial charge < -0.3 is 15.1 Å². The van der Waals surface area contributed by atoms with Gasteiger partial charge in [-0.3, -0.25) is 14.7 Å². The van der Waals surface area contributed by atoms with Gasteiger partial charge in [0.15, 0.2) is 16.2 Å². The summed E-state index contributed by atoms with van der Waals surface area (Å²) in [6, 6.07) is 3.11. The van der Waals surface area contributed by atoms with Crippen molar-refractivity contribution in [2.45, 2.75) is 13.8 Å². The highest BCUT2D eigenvalue weighted by Gasteiger charge is 2.13. The lowest BCUT2D eigenvalue weighted by atomic mass is 10.3. The summed E-state index contributed by atoms with van der Waals surface area (Å²) in [6.07, 6.45) is 0. The third kappa shape index (κ3) is 3.27. The van der Waals surface area contributed by atoms with Crippen LogP contribution in [-0.2, 0) is 4.79 Å². The zero-order valence-corrected chi connectivity index (χ0v) is 12.5. The average Bonchev–Trinajstić information content (AvgIpc) is 2.97. The standard InChI is InChI=1S/C12H13BrN4O3/c1-6-7(2)16-17-11(6)15-10(18)5-14-12(19)8-3-4-9(13)20-8/h3-4H,5H2,1-2H3,(H,14,19)(H2,15,16,17,18). The highest BCUT2D eigenvalue weighted by Crippen LogP contribution is 2.14. The first-order valence-corrected chi connectivity index (χ1v) is 6.61. The van der Waals surface area contributed by atoms with E-state index in [-0.39, 0.29) is 18.2 Å². The summed E-state index contributed by atoms with van der Waals surface area (Å²) in [4.78, 5) is 23.4. The van der Waals surface area contributed by atoms with E-state index < -0.39 is 5.91 Å². The molecule has 2 rings (SSSR count). The summed E-state index contributed by atoms with van der Waals surface area (Å²) in [5.41, 5.74) is 1.74. The Hall–Kier alpha value is -2.09. The molecule has 0 spiro atoms. The van der Waals surface area contributed by atoms with Gasteiger partial charge in [0.25, 0.3) is 5.91 Å². The smallest absolute Gasteiger partial charge is 0.287 e. The Bertz CT molecular complexity index is 647. The van der Waals surface area contributed by atoms with Gasteiger partial charge in [-0.1, -0.05) is 0 Å². The number of furan rings is 1. The van der Waals surface area contributed by atoms with Gasteiger partial charge in [0.05, 0.1) is 6.54 Å². The molecule has 0 aromatic carbocycles. The summed E-state index contributed by atoms with van der Waals surface area (Å²) in [5.74, 6) is -0.224. The van der Waals surface area contributed by atoms with Gasteiger partial charge in [0.1, 0.15) is 0 Å². The first-order chi connectivity index (χ1) is 9.47. The lowest BCUT2D eigenvalue weighted by molar-refractivity contribution is -0.115. The molecule has 2 heterocycles. The average molecular weight is 341 g/mol. The minimum absolute atomic E-state index is 0.136. The van der Waals surface area contributed by atoms with Crippen molar-refractivity contribution < 1.29 is 14.0 Å². The Labute approximate surface area is 123 Å². The van der Waals surface area contributed by atoms with E-state index in [2.05, 4.69) is 36.8 Å². The van der Waals surface area contributed by atoms with Gasteiger partial charge in [-0.2, -0.15) is 5.10 Å². The number of amides is 2. The van der Waals surface area contributed by atoms with Gasteiger partial charge in [0.2, 0.25) is 5.91 Å². The second-order valence-electron chi connectivity index (χ2n) is 4.16. The van der Waals surface area contributed by atoms with E-state index in [0.29, 0.717) is 10.5 Å². The van der Waals surface area contributed by atoms with E-state index in [4.69, 9.17) is 4.42 Å². The van der Waals surface area contributed by atoms with Crippen LogP contribution in [0.3, 0.4) is 0 Å². The number of rotatable bonds is 4. The Balaban J connectivity index is 1.86. The second-order valence-corrected chi connectivity index (χ2v) is 4.94. The van der Waals surface area contributed by atoms with Crippen LogP contribution in [-0.4, -0.2) is 28.6 Å². The van der Waals surface area contributed by atoms with Crippen molar-refractivity contribution in [3.05, 3.63) is 33.8 Å². The molecule has 2 amide bonds. The number of aromatic nitrogens is 2. The monoisotopic (exact) mass is 340 g/mol. The maximum Gasteiger partial charge on any atom is 0.287 e. The van der Waals surface area contributed by atoms with Gasteiger partial charge in [0, 0.05) is 11.3 Å². The van der Waals surface area contributed by atoms with Crippen LogP contribution in [0, 0.1) is 13.8 Å². The van der Waals surface area contributed by atoms with Crippen LogP contribution in [0.1, 0.15) is 21.8 Å². The van der Waals surface area contributed by atoms with Gasteiger partial charge >= 0.3 is 0 Å². The highest BCUT2D eigenvalue weighted by atomic mass is 79.9. The van der Waals surface area contributed by atoms with E-state index in [1.54, 1.807) is 6.07 Å². The van der Waals surface area contributed by atoms with Crippen molar-refractivity contribution in [2.75, 3.05) is 11.9 Å². The van der Waals surface area contributed by atoms with Gasteiger partial charge in [-0.25, -0.2) is 0 Å². The van der Waals surface area contributed by atoms with Crippen molar-refractivity contribution in [1.82, 2.24) is 15.5 Å². The predicted octanol–water partition coefficient (Wildman–Crippen LogP) is 1.75. The summed E-state index contributed by atoms with van der Waals surface area (Å²) in [6.45, 7) is 3.53. The lowest BCUT2D eigenvalue weighted by Gasteiger charge is -2.04. The Kier molecular flexibility index (Phi) is 4.23. The highest BCUT2D eigenvalue weighted by molar-refractivity contribution is 9.10. The quantitative estimate of drug-likeness (QED) is 0.789. The summed E-state index contributed by atoms with van der Waals surface area (Å²) >= 11 is 3.10. The summed E-state index contributed by atoms with van der Waals surface area (Å²) in [5, 5.41) is 11.8. The number of halogens is 1. The van der Waals surface area contributed by atoms with Crippen molar-refractivity contribution in [1.29, 1.82) is 0 Å². The Morgan fingerprint density at radius 3 is 2.70 bits per heavy atom. The number of aromatic amines is 1. The number of nitrogens with one attached hydrogen (secondary N) is 3. The van der Waals surface area contributed by atoms with E-state index >= 15 is 0 Å². The minimum atomic E-state index is -0.458. The van der Waals surface area contributed by atoms with Gasteiger partial charge in [-0.15, -0.1) is 0 Å². The molecule has 0 aliphatic carbocycles. The molecule has 2 aromatic heterocycles. The molecule has 0 saturated heterocycles. The molecule has 0 aliphatic rings. The molecule has 0 radical (unpaired) electrons. The maximum atomic E-state index is 11.7. The number of carbonyl (C=O) groups excluding carboxylic acids is 2. The van der Waals surface area contributed by atoms with E-state index in [9.17, 15) is 9.59 Å². The van der Waals surface area contributed by atoms with E-state index in [1.165, 1.54) is 6.07 Å². The van der Waals surface area contributed by atoms with Crippen molar-refractivity contribution >= 4 is 33.6 Å². The molecule has 106 valence electrons. The fraction of sp³-hybridized carbons (Fsp3) is 0.250. The molecule has 20 heavy (non-hydrogen) atoms. The molecule has 0 bridgehead atoms. The zero-order valence-electron chi connectivity index (χ0n) is 10.9. The summed E-state index contributed by atoms with van der Waals surface area (Å²) in [7, 11) is 0. The molecule has 3 N–H and O–H groups in total. The first kappa shape index (κ1) is 14.3. The van der Waals surface area contributed by atoms with Crippen molar-refractivity contribution in [2.24, 2.45) is 0 Å². The third-order valence-corrected chi connectivity index (χ3v) is 3.14. The van der Waals surface area contributed by atoms with Crippen LogP contribution in [0.25, 0.3) is 0 Å². The molecular weight excluding hydrogens is 328 g/mol. The fourth-order valence-corrected chi connectivity index (χ4v) is 1.77. The SMILES string of the molecule is Cc1[nH]nc(NC(=O)CNC(=O)c2ccc(Br)o2)c1C. The Morgan fingerprint density at radius 2 is 2.15 bits per heavy atom. The van der Waals surface area contributed by atoms with Crippen LogP contribution in [0.5, 0.6) is 0 Å². The maximum absolute atomic E-state index is 11.7. The van der Waals surface area contributed by atoms with Crippen LogP contribution in [0.15, 0.2) is 21.2 Å². The number of H-pyrrole nitrogens is 1. The second kappa shape index (κ2) is 5.91. The molecule has 0 atom stereocenters. The zero-order chi connectivity index (χ0) is 14.7.